The molecule has 0 saturated heterocycles. The van der Waals surface area contributed by atoms with Gasteiger partial charge in [0, 0.05) is 5.69 Å². The molecule has 0 aliphatic carbocycles. The monoisotopic (exact) mass is 323 g/mol. The normalized spacial score (nSPS) is 14.3. The Morgan fingerprint density at radius 2 is 1.53 bits per heavy atom. The highest BCUT2D eigenvalue weighted by molar-refractivity contribution is 6.37. The molecule has 0 bridgehead atoms. The van der Waals surface area contributed by atoms with E-state index >= 15 is 0 Å². The van der Waals surface area contributed by atoms with Crippen molar-refractivity contribution in [3.8, 4) is 5.75 Å². The fraction of sp³-hybridized carbons (Fsp3) is 0.400. The minimum Gasteiger partial charge on any atom is -0.481 e. The quantitative estimate of drug-likeness (QED) is 0.654. The van der Waals surface area contributed by atoms with Crippen LogP contribution in [0.5, 0.6) is 5.75 Å². The fourth-order valence-electron chi connectivity index (χ4n) is 1.17. The standard InChI is InChI=1S/C10H8Cl2F5NO/c1-4(9(13,14)10(15,16)17)19-8-6(11)2-5(18)3-7(8)12/h2-4H,18H2,1H3. The summed E-state index contributed by atoms with van der Waals surface area (Å²) in [6.45, 7) is 0.566. The summed E-state index contributed by atoms with van der Waals surface area (Å²) >= 11 is 11.3. The number of hydrogen-bond acceptors (Lipinski definition) is 2. The first-order valence-corrected chi connectivity index (χ1v) is 5.58. The Kier molecular flexibility index (Phi) is 4.41. The summed E-state index contributed by atoms with van der Waals surface area (Å²) in [5, 5.41) is -0.510. The van der Waals surface area contributed by atoms with Crippen LogP contribution in [0.25, 0.3) is 0 Å². The van der Waals surface area contributed by atoms with E-state index in [0.29, 0.717) is 6.92 Å². The molecule has 0 fully saturated rings. The van der Waals surface area contributed by atoms with E-state index in [1.54, 1.807) is 0 Å². The average Bonchev–Trinajstić information content (AvgIpc) is 2.21. The Morgan fingerprint density at radius 3 is 1.89 bits per heavy atom. The molecule has 0 radical (unpaired) electrons. The Balaban J connectivity index is 3.04. The number of hydrogen-bond donors (Lipinski definition) is 1. The second-order valence-electron chi connectivity index (χ2n) is 3.69. The second kappa shape index (κ2) is 5.20. The van der Waals surface area contributed by atoms with Crippen molar-refractivity contribution in [2.24, 2.45) is 0 Å². The van der Waals surface area contributed by atoms with Crippen LogP contribution in [0.4, 0.5) is 27.6 Å². The number of halogens is 7. The van der Waals surface area contributed by atoms with Crippen LogP contribution < -0.4 is 10.5 Å². The molecule has 0 aromatic heterocycles. The van der Waals surface area contributed by atoms with E-state index in [4.69, 9.17) is 28.9 Å². The van der Waals surface area contributed by atoms with E-state index in [1.807, 2.05) is 0 Å². The van der Waals surface area contributed by atoms with Gasteiger partial charge in [0.15, 0.2) is 11.9 Å². The Hall–Kier alpha value is -0.950. The van der Waals surface area contributed by atoms with E-state index in [2.05, 4.69) is 4.74 Å². The maximum Gasteiger partial charge on any atom is 0.457 e. The van der Waals surface area contributed by atoms with Gasteiger partial charge in [0.2, 0.25) is 0 Å². The SMILES string of the molecule is CC(Oc1c(Cl)cc(N)cc1Cl)C(F)(F)C(F)(F)F. The van der Waals surface area contributed by atoms with Gasteiger partial charge in [-0.1, -0.05) is 23.2 Å². The zero-order valence-electron chi connectivity index (χ0n) is 9.36. The van der Waals surface area contributed by atoms with Gasteiger partial charge in [0.1, 0.15) is 0 Å². The van der Waals surface area contributed by atoms with E-state index in [-0.39, 0.29) is 15.7 Å². The molecule has 2 N–H and O–H groups in total. The Bertz CT molecular complexity index is 454. The Labute approximate surface area is 115 Å². The van der Waals surface area contributed by atoms with Crippen LogP contribution in [0.15, 0.2) is 12.1 Å². The van der Waals surface area contributed by atoms with Crippen LogP contribution >= 0.6 is 23.2 Å². The van der Waals surface area contributed by atoms with Crippen molar-refractivity contribution < 1.29 is 26.7 Å². The first kappa shape index (κ1) is 16.1. The molecule has 0 saturated carbocycles. The second-order valence-corrected chi connectivity index (χ2v) is 4.51. The van der Waals surface area contributed by atoms with E-state index in [1.165, 1.54) is 0 Å². The maximum atomic E-state index is 13.0. The lowest BCUT2D eigenvalue weighted by molar-refractivity contribution is -0.306. The van der Waals surface area contributed by atoms with Gasteiger partial charge in [0.05, 0.1) is 10.0 Å². The summed E-state index contributed by atoms with van der Waals surface area (Å²) < 4.78 is 66.9. The predicted molar refractivity (Wildman–Crippen MR) is 62.0 cm³/mol. The predicted octanol–water partition coefficient (Wildman–Crippen LogP) is 4.54. The Morgan fingerprint density at radius 1 is 1.11 bits per heavy atom. The largest absolute Gasteiger partial charge is 0.481 e. The van der Waals surface area contributed by atoms with Crippen molar-refractivity contribution in [1.82, 2.24) is 0 Å². The number of nitrogen functional groups attached to an aromatic ring is 1. The highest BCUT2D eigenvalue weighted by atomic mass is 35.5. The number of benzene rings is 1. The van der Waals surface area contributed by atoms with Crippen molar-refractivity contribution in [2.75, 3.05) is 5.73 Å². The molecule has 0 aliphatic rings. The minimum atomic E-state index is -5.74. The maximum absolute atomic E-state index is 13.0. The summed E-state index contributed by atoms with van der Waals surface area (Å²) in [7, 11) is 0. The minimum absolute atomic E-state index is 0.123. The molecule has 108 valence electrons. The van der Waals surface area contributed by atoms with Gasteiger partial charge in [0.25, 0.3) is 0 Å². The van der Waals surface area contributed by atoms with Gasteiger partial charge in [-0.3, -0.25) is 0 Å². The molecule has 0 heterocycles. The van der Waals surface area contributed by atoms with Gasteiger partial charge in [-0.25, -0.2) is 0 Å². The molecule has 1 aromatic rings. The molecule has 1 atom stereocenters. The van der Waals surface area contributed by atoms with Crippen LogP contribution in [0, 0.1) is 0 Å². The van der Waals surface area contributed by atoms with Crippen LogP contribution in [0.1, 0.15) is 6.92 Å². The number of ether oxygens (including phenoxy) is 1. The highest BCUT2D eigenvalue weighted by Crippen LogP contribution is 2.42. The van der Waals surface area contributed by atoms with Crippen molar-refractivity contribution in [1.29, 1.82) is 0 Å². The van der Waals surface area contributed by atoms with E-state index in [9.17, 15) is 22.0 Å². The first-order valence-electron chi connectivity index (χ1n) is 4.82. The molecule has 1 aromatic carbocycles. The number of nitrogens with two attached hydrogens (primary N) is 1. The molecule has 19 heavy (non-hydrogen) atoms. The van der Waals surface area contributed by atoms with Crippen molar-refractivity contribution >= 4 is 28.9 Å². The van der Waals surface area contributed by atoms with Gasteiger partial charge in [-0.15, -0.1) is 0 Å². The van der Waals surface area contributed by atoms with E-state index in [0.717, 1.165) is 12.1 Å². The third kappa shape index (κ3) is 3.33. The third-order valence-electron chi connectivity index (χ3n) is 2.20. The molecule has 2 nitrogen and oxygen atoms in total. The van der Waals surface area contributed by atoms with Gasteiger partial charge < -0.3 is 10.5 Å². The van der Waals surface area contributed by atoms with Gasteiger partial charge >= 0.3 is 12.1 Å². The van der Waals surface area contributed by atoms with Crippen LogP contribution in [0.3, 0.4) is 0 Å². The molecule has 1 unspecified atom stereocenters. The highest BCUT2D eigenvalue weighted by Gasteiger charge is 2.62. The number of alkyl halides is 5. The zero-order valence-corrected chi connectivity index (χ0v) is 10.9. The van der Waals surface area contributed by atoms with Crippen LogP contribution in [-0.2, 0) is 0 Å². The van der Waals surface area contributed by atoms with Crippen molar-refractivity contribution in [3.63, 3.8) is 0 Å². The molecule has 0 spiro atoms. The molecule has 0 amide bonds. The fourth-order valence-corrected chi connectivity index (χ4v) is 1.77. The summed E-state index contributed by atoms with van der Waals surface area (Å²) in [6, 6.07) is 2.25. The van der Waals surface area contributed by atoms with Gasteiger partial charge in [-0.05, 0) is 19.1 Å². The lowest BCUT2D eigenvalue weighted by Gasteiger charge is -2.27. The molecular formula is C10H8Cl2F5NO. The van der Waals surface area contributed by atoms with Crippen molar-refractivity contribution in [2.45, 2.75) is 25.1 Å². The molecule has 0 aliphatic heterocycles. The summed E-state index contributed by atoms with van der Waals surface area (Å²) in [4.78, 5) is 0. The van der Waals surface area contributed by atoms with Crippen molar-refractivity contribution in [3.05, 3.63) is 22.2 Å². The third-order valence-corrected chi connectivity index (χ3v) is 2.77. The summed E-state index contributed by atoms with van der Waals surface area (Å²) in [5.41, 5.74) is 5.48. The van der Waals surface area contributed by atoms with Crippen LogP contribution in [-0.4, -0.2) is 18.2 Å². The molecule has 9 heteroatoms. The smallest absolute Gasteiger partial charge is 0.457 e. The summed E-state index contributed by atoms with van der Waals surface area (Å²) in [6.07, 6.45) is -8.23. The van der Waals surface area contributed by atoms with Gasteiger partial charge in [-0.2, -0.15) is 22.0 Å². The topological polar surface area (TPSA) is 35.2 Å². The number of rotatable bonds is 3. The zero-order chi connectivity index (χ0) is 15.0. The lowest BCUT2D eigenvalue weighted by atomic mass is 10.2. The van der Waals surface area contributed by atoms with Crippen LogP contribution in [0.2, 0.25) is 10.0 Å². The lowest BCUT2D eigenvalue weighted by Crippen LogP contribution is -2.48. The number of anilines is 1. The first-order chi connectivity index (χ1) is 8.46. The summed E-state index contributed by atoms with van der Waals surface area (Å²) in [5.74, 6) is -5.52. The molecular weight excluding hydrogens is 316 g/mol. The van der Waals surface area contributed by atoms with E-state index < -0.39 is 24.0 Å². The average molecular weight is 324 g/mol. The molecule has 1 rings (SSSR count).